The van der Waals surface area contributed by atoms with Gasteiger partial charge in [0.1, 0.15) is 54.9 Å². The van der Waals surface area contributed by atoms with Crippen molar-refractivity contribution in [3.63, 3.8) is 0 Å². The highest BCUT2D eigenvalue weighted by Gasteiger charge is 2.47. The zero-order chi connectivity index (χ0) is 46.6. The van der Waals surface area contributed by atoms with E-state index in [1.54, 1.807) is 0 Å². The summed E-state index contributed by atoms with van der Waals surface area (Å²) in [6.07, 6.45) is 22.7. The molecule has 378 valence electrons. The van der Waals surface area contributed by atoms with E-state index in [1.807, 2.05) is 0 Å². The predicted molar refractivity (Wildman–Crippen MR) is 247 cm³/mol. The van der Waals surface area contributed by atoms with Gasteiger partial charge in [-0.15, -0.1) is 0 Å². The highest BCUT2D eigenvalue weighted by Crippen LogP contribution is 2.26. The largest absolute Gasteiger partial charge is 0.457 e. The van der Waals surface area contributed by atoms with Gasteiger partial charge < -0.3 is 64.2 Å². The minimum atomic E-state index is -1.70. The van der Waals surface area contributed by atoms with Crippen LogP contribution in [0.2, 0.25) is 0 Å². The number of allylic oxidation sites excluding steroid dienone is 2. The smallest absolute Gasteiger partial charge is 0.306 e. The molecule has 2 fully saturated rings. The summed E-state index contributed by atoms with van der Waals surface area (Å²) in [6, 6.07) is 0. The first kappa shape index (κ1) is 58.9. The Morgan fingerprint density at radius 1 is 0.500 bits per heavy atom. The van der Waals surface area contributed by atoms with Gasteiger partial charge in [0, 0.05) is 13.0 Å². The Kier molecular flexibility index (Phi) is 35.6. The van der Waals surface area contributed by atoms with Gasteiger partial charge in [-0.2, -0.15) is 0 Å². The minimum Gasteiger partial charge on any atom is -0.457 e. The van der Waals surface area contributed by atoms with Gasteiger partial charge in [0.15, 0.2) is 12.6 Å². The molecule has 0 radical (unpaired) electrons. The minimum absolute atomic E-state index is 0.0624. The molecule has 0 spiro atoms. The Morgan fingerprint density at radius 3 is 1.47 bits per heavy atom. The van der Waals surface area contributed by atoms with Crippen LogP contribution in [-0.4, -0.2) is 142 Å². The molecule has 64 heavy (non-hydrogen) atoms. The first-order chi connectivity index (χ1) is 31.1. The highest BCUT2D eigenvalue weighted by molar-refractivity contribution is 5.69. The molecule has 2 aliphatic rings. The molecule has 2 heterocycles. The van der Waals surface area contributed by atoms with E-state index in [-0.39, 0.29) is 25.6 Å². The molecule has 0 aromatic carbocycles. The van der Waals surface area contributed by atoms with Crippen LogP contribution in [0.25, 0.3) is 0 Å². The van der Waals surface area contributed by atoms with E-state index in [0.717, 1.165) is 44.9 Å². The second-order valence-corrected chi connectivity index (χ2v) is 18.3. The second-order valence-electron chi connectivity index (χ2n) is 18.3. The first-order valence-electron chi connectivity index (χ1n) is 25.8. The fraction of sp³-hybridized carbons (Fsp3) is 0.940. The van der Waals surface area contributed by atoms with Crippen LogP contribution in [0.3, 0.4) is 0 Å². The third kappa shape index (κ3) is 26.3. The molecule has 2 aliphatic heterocycles. The number of ether oxygens (including phenoxy) is 6. The quantitative estimate of drug-likeness (QED) is 0.0180. The molecular formula is C50H94O14. The molecule has 0 aromatic heterocycles. The van der Waals surface area contributed by atoms with Gasteiger partial charge in [0.2, 0.25) is 0 Å². The molecule has 14 nitrogen and oxygen atoms in total. The van der Waals surface area contributed by atoms with Crippen molar-refractivity contribution in [1.82, 2.24) is 0 Å². The zero-order valence-corrected chi connectivity index (χ0v) is 40.0. The van der Waals surface area contributed by atoms with Crippen molar-refractivity contribution in [2.45, 2.75) is 268 Å². The maximum atomic E-state index is 13.0. The molecule has 11 atom stereocenters. The lowest BCUT2D eigenvalue weighted by molar-refractivity contribution is -0.332. The molecule has 0 aliphatic carbocycles. The highest BCUT2D eigenvalue weighted by atomic mass is 16.7. The summed E-state index contributed by atoms with van der Waals surface area (Å²) in [7, 11) is 0. The van der Waals surface area contributed by atoms with Crippen molar-refractivity contribution < 1.29 is 69.0 Å². The monoisotopic (exact) mass is 919 g/mol. The van der Waals surface area contributed by atoms with E-state index in [1.165, 1.54) is 128 Å². The van der Waals surface area contributed by atoms with E-state index in [9.17, 15) is 40.5 Å². The summed E-state index contributed by atoms with van der Waals surface area (Å²) in [6.45, 7) is 3.67. The van der Waals surface area contributed by atoms with E-state index in [4.69, 9.17) is 28.4 Å². The number of carbonyl (C=O) groups is 1. The lowest BCUT2D eigenvalue weighted by Gasteiger charge is -2.42. The number of hydrogen-bond acceptors (Lipinski definition) is 14. The summed E-state index contributed by atoms with van der Waals surface area (Å²) in [4.78, 5) is 13.0. The van der Waals surface area contributed by atoms with Gasteiger partial charge in [0.25, 0.3) is 0 Å². The van der Waals surface area contributed by atoms with Crippen molar-refractivity contribution >= 4 is 5.97 Å². The Morgan fingerprint density at radius 2 is 0.938 bits per heavy atom. The van der Waals surface area contributed by atoms with Crippen LogP contribution < -0.4 is 0 Å². The van der Waals surface area contributed by atoms with Gasteiger partial charge in [-0.25, -0.2) is 0 Å². The number of aliphatic hydroxyl groups excluding tert-OH is 7. The molecule has 7 N–H and O–H groups in total. The number of esters is 1. The van der Waals surface area contributed by atoms with Crippen LogP contribution in [0, 0.1) is 0 Å². The summed E-state index contributed by atoms with van der Waals surface area (Å²) in [5.74, 6) is -0.375. The Bertz CT molecular complexity index is 1110. The summed E-state index contributed by atoms with van der Waals surface area (Å²) >= 11 is 0. The fourth-order valence-corrected chi connectivity index (χ4v) is 8.27. The van der Waals surface area contributed by atoms with Crippen molar-refractivity contribution in [3.8, 4) is 0 Å². The molecule has 0 aromatic rings. The maximum absolute atomic E-state index is 13.0. The van der Waals surface area contributed by atoms with Gasteiger partial charge in [-0.05, 0) is 32.1 Å². The number of aliphatic hydroxyl groups is 7. The SMILES string of the molecule is CCCC/C=C\CCCCCCCCOCC(COC1OC(COC2OC(CO)C(O)C(O)C2O)C(O)C(O)C1O)OC(=O)CCCCCCCCCCCCCCCCCCCC. The topological polar surface area (TPSA) is 214 Å². The number of unbranched alkanes of at least 4 members (excludes halogenated alkanes) is 25. The number of hydrogen-bond donors (Lipinski definition) is 7. The average molecular weight is 919 g/mol. The van der Waals surface area contributed by atoms with Crippen LogP contribution in [0.4, 0.5) is 0 Å². The Hall–Kier alpha value is -1.27. The van der Waals surface area contributed by atoms with Crippen molar-refractivity contribution in [3.05, 3.63) is 12.2 Å². The molecule has 0 bridgehead atoms. The molecule has 0 amide bonds. The van der Waals surface area contributed by atoms with E-state index in [2.05, 4.69) is 26.0 Å². The first-order valence-corrected chi connectivity index (χ1v) is 25.8. The normalized spacial score (nSPS) is 26.8. The van der Waals surface area contributed by atoms with Crippen molar-refractivity contribution in [2.24, 2.45) is 0 Å². The molecule has 2 saturated heterocycles. The number of carbonyl (C=O) groups excluding carboxylic acids is 1. The average Bonchev–Trinajstić information content (AvgIpc) is 3.29. The lowest BCUT2D eigenvalue weighted by Crippen LogP contribution is -2.61. The van der Waals surface area contributed by atoms with E-state index in [0.29, 0.717) is 13.0 Å². The van der Waals surface area contributed by atoms with Crippen LogP contribution in [0.5, 0.6) is 0 Å². The summed E-state index contributed by atoms with van der Waals surface area (Å²) in [5, 5.41) is 72.1. The second kappa shape index (κ2) is 38.7. The Labute approximate surface area is 386 Å². The van der Waals surface area contributed by atoms with Crippen LogP contribution in [0.15, 0.2) is 12.2 Å². The molecule has 14 heteroatoms. The third-order valence-electron chi connectivity index (χ3n) is 12.5. The van der Waals surface area contributed by atoms with Gasteiger partial charge >= 0.3 is 5.97 Å². The van der Waals surface area contributed by atoms with E-state index >= 15 is 0 Å². The molecule has 0 saturated carbocycles. The Balaban J connectivity index is 1.75. The van der Waals surface area contributed by atoms with Crippen molar-refractivity contribution in [1.29, 1.82) is 0 Å². The van der Waals surface area contributed by atoms with Gasteiger partial charge in [-0.1, -0.05) is 174 Å². The van der Waals surface area contributed by atoms with Crippen LogP contribution in [0.1, 0.15) is 200 Å². The summed E-state index contributed by atoms with van der Waals surface area (Å²) < 4.78 is 34.2. The van der Waals surface area contributed by atoms with Gasteiger partial charge in [0.05, 0.1) is 26.4 Å². The third-order valence-corrected chi connectivity index (χ3v) is 12.5. The number of rotatable bonds is 41. The fourth-order valence-electron chi connectivity index (χ4n) is 8.27. The molecular weight excluding hydrogens is 825 g/mol. The molecule has 2 rings (SSSR count). The van der Waals surface area contributed by atoms with E-state index < -0.39 is 80.7 Å². The predicted octanol–water partition coefficient (Wildman–Crippen LogP) is 7.46. The van der Waals surface area contributed by atoms with Gasteiger partial charge in [-0.3, -0.25) is 4.79 Å². The zero-order valence-electron chi connectivity index (χ0n) is 40.0. The lowest BCUT2D eigenvalue weighted by atomic mass is 9.98. The van der Waals surface area contributed by atoms with Crippen LogP contribution in [-0.2, 0) is 33.2 Å². The standard InChI is InChI=1S/C50H94O14/c1-3-5-7-9-11-13-15-17-18-19-20-21-22-23-25-27-29-31-33-42(52)62-39(36-59-34-32-30-28-26-24-16-14-12-10-8-6-4-2)37-60-49-48(58)46(56)44(54)41(64-49)38-61-50-47(57)45(55)43(53)40(35-51)63-50/h10,12,39-41,43-51,53-58H,3-9,11,13-38H2,1-2H3/b12-10-. The summed E-state index contributed by atoms with van der Waals surface area (Å²) in [5.41, 5.74) is 0. The van der Waals surface area contributed by atoms with Crippen molar-refractivity contribution in [2.75, 3.05) is 33.0 Å². The maximum Gasteiger partial charge on any atom is 0.306 e. The molecule has 11 unspecified atom stereocenters. The van der Waals surface area contributed by atoms with Crippen LogP contribution >= 0.6 is 0 Å².